The number of thiol groups is 1. The minimum atomic E-state index is -0.186. The van der Waals surface area contributed by atoms with Crippen molar-refractivity contribution in [2.75, 3.05) is 13.7 Å². The second-order valence-corrected chi connectivity index (χ2v) is 5.41. The largest absolute Gasteiger partial charge is 0.491 e. The molecule has 0 atom stereocenters. The Morgan fingerprint density at radius 1 is 1.22 bits per heavy atom. The van der Waals surface area contributed by atoms with Crippen molar-refractivity contribution in [1.82, 2.24) is 4.57 Å². The lowest BCUT2D eigenvalue weighted by molar-refractivity contribution is 0.371. The van der Waals surface area contributed by atoms with E-state index in [1.165, 1.54) is 11.7 Å². The molecule has 0 saturated carbocycles. The van der Waals surface area contributed by atoms with Gasteiger partial charge in [0.2, 0.25) is 0 Å². The molecular weight excluding hydrogens is 310 g/mol. The van der Waals surface area contributed by atoms with Crippen LogP contribution in [0.25, 0.3) is 11.1 Å². The molecular formula is C18H19NO3S. The summed E-state index contributed by atoms with van der Waals surface area (Å²) in [5, 5.41) is 0. The highest BCUT2D eigenvalue weighted by Gasteiger charge is 2.11. The SMILES string of the molecule is CCC#CCOc1ccc(S)cc1-c1cc(OC)c(=O)n(C)c1. The molecule has 0 amide bonds. The zero-order valence-electron chi connectivity index (χ0n) is 13.4. The molecule has 120 valence electrons. The molecule has 0 unspecified atom stereocenters. The van der Waals surface area contributed by atoms with Gasteiger partial charge in [-0.1, -0.05) is 12.8 Å². The van der Waals surface area contributed by atoms with Crippen LogP contribution in [0.3, 0.4) is 0 Å². The highest BCUT2D eigenvalue weighted by Crippen LogP contribution is 2.32. The molecule has 1 aromatic heterocycles. The molecule has 0 N–H and O–H groups in total. The van der Waals surface area contributed by atoms with Crippen LogP contribution in [0.2, 0.25) is 0 Å². The maximum absolute atomic E-state index is 12.0. The van der Waals surface area contributed by atoms with Crippen LogP contribution in [0.4, 0.5) is 0 Å². The molecule has 0 fully saturated rings. The fourth-order valence-corrected chi connectivity index (χ4v) is 2.34. The van der Waals surface area contributed by atoms with E-state index in [0.29, 0.717) is 12.4 Å². The van der Waals surface area contributed by atoms with Gasteiger partial charge in [0.25, 0.3) is 5.56 Å². The van der Waals surface area contributed by atoms with Crippen LogP contribution in [0, 0.1) is 11.8 Å². The van der Waals surface area contributed by atoms with E-state index in [9.17, 15) is 4.79 Å². The number of aryl methyl sites for hydroxylation is 1. The van der Waals surface area contributed by atoms with Gasteiger partial charge in [-0.25, -0.2) is 0 Å². The smallest absolute Gasteiger partial charge is 0.292 e. The molecule has 1 aromatic carbocycles. The third-order valence-electron chi connectivity index (χ3n) is 3.25. The molecule has 1 heterocycles. The second kappa shape index (κ2) is 7.80. The van der Waals surface area contributed by atoms with Gasteiger partial charge in [-0.3, -0.25) is 4.79 Å². The lowest BCUT2D eigenvalue weighted by Crippen LogP contribution is -2.17. The number of aromatic nitrogens is 1. The summed E-state index contributed by atoms with van der Waals surface area (Å²) in [6, 6.07) is 7.30. The van der Waals surface area contributed by atoms with Crippen LogP contribution in [-0.2, 0) is 7.05 Å². The summed E-state index contributed by atoms with van der Waals surface area (Å²) < 4.78 is 12.4. The minimum absolute atomic E-state index is 0.186. The first kappa shape index (κ1) is 17.0. The summed E-state index contributed by atoms with van der Waals surface area (Å²) in [6.45, 7) is 2.31. The fourth-order valence-electron chi connectivity index (χ4n) is 2.13. The molecule has 2 rings (SSSR count). The maximum Gasteiger partial charge on any atom is 0.292 e. The summed E-state index contributed by atoms with van der Waals surface area (Å²) in [5.74, 6) is 6.89. The van der Waals surface area contributed by atoms with Gasteiger partial charge < -0.3 is 14.0 Å². The Hall–Kier alpha value is -2.32. The molecule has 0 aliphatic carbocycles. The quantitative estimate of drug-likeness (QED) is 0.692. The summed E-state index contributed by atoms with van der Waals surface area (Å²) >= 11 is 4.39. The number of methoxy groups -OCH3 is 1. The highest BCUT2D eigenvalue weighted by atomic mass is 32.1. The van der Waals surface area contributed by atoms with Crippen LogP contribution in [0.1, 0.15) is 13.3 Å². The van der Waals surface area contributed by atoms with Crippen molar-refractivity contribution >= 4 is 12.6 Å². The first-order chi connectivity index (χ1) is 11.1. The van der Waals surface area contributed by atoms with E-state index < -0.39 is 0 Å². The Morgan fingerprint density at radius 3 is 2.70 bits per heavy atom. The highest BCUT2D eigenvalue weighted by molar-refractivity contribution is 7.80. The van der Waals surface area contributed by atoms with E-state index in [0.717, 1.165) is 22.4 Å². The number of rotatable bonds is 4. The van der Waals surface area contributed by atoms with E-state index in [1.807, 2.05) is 25.1 Å². The van der Waals surface area contributed by atoms with E-state index in [4.69, 9.17) is 9.47 Å². The standard InChI is InChI=1S/C18H19NO3S/c1-4-5-6-9-22-16-8-7-14(23)11-15(16)13-10-17(21-3)18(20)19(2)12-13/h7-8,10-12,23H,4,9H2,1-3H3. The van der Waals surface area contributed by atoms with Crippen LogP contribution in [0.15, 0.2) is 40.2 Å². The van der Waals surface area contributed by atoms with E-state index in [-0.39, 0.29) is 11.3 Å². The van der Waals surface area contributed by atoms with Gasteiger partial charge in [0.1, 0.15) is 12.4 Å². The number of benzene rings is 1. The van der Waals surface area contributed by atoms with Gasteiger partial charge in [0.15, 0.2) is 5.75 Å². The first-order valence-corrected chi connectivity index (χ1v) is 7.68. The Balaban J connectivity index is 2.47. The van der Waals surface area contributed by atoms with Crippen LogP contribution in [0.5, 0.6) is 11.5 Å². The molecule has 23 heavy (non-hydrogen) atoms. The van der Waals surface area contributed by atoms with Crippen molar-refractivity contribution in [3.05, 3.63) is 40.8 Å². The molecule has 0 saturated heterocycles. The molecule has 4 nitrogen and oxygen atoms in total. The minimum Gasteiger partial charge on any atom is -0.491 e. The molecule has 0 bridgehead atoms. The Labute approximate surface area is 141 Å². The monoisotopic (exact) mass is 329 g/mol. The van der Waals surface area contributed by atoms with Gasteiger partial charge in [0.05, 0.1) is 7.11 Å². The molecule has 0 radical (unpaired) electrons. The third kappa shape index (κ3) is 4.11. The lowest BCUT2D eigenvalue weighted by atomic mass is 10.1. The predicted octanol–water partition coefficient (Wildman–Crippen LogP) is 3.14. The number of pyridine rings is 1. The average Bonchev–Trinajstić information content (AvgIpc) is 2.55. The number of hydrogen-bond acceptors (Lipinski definition) is 4. The van der Waals surface area contributed by atoms with Crippen molar-refractivity contribution in [1.29, 1.82) is 0 Å². The molecule has 5 heteroatoms. The second-order valence-electron chi connectivity index (χ2n) is 4.89. The topological polar surface area (TPSA) is 40.5 Å². The summed E-state index contributed by atoms with van der Waals surface area (Å²) in [4.78, 5) is 12.8. The fraction of sp³-hybridized carbons (Fsp3) is 0.278. The molecule has 0 aliphatic heterocycles. The zero-order chi connectivity index (χ0) is 16.8. The van der Waals surface area contributed by atoms with Crippen molar-refractivity contribution in [3.63, 3.8) is 0 Å². The molecule has 0 aliphatic rings. The van der Waals surface area contributed by atoms with Gasteiger partial charge in [0, 0.05) is 35.7 Å². The molecule has 0 spiro atoms. The normalized spacial score (nSPS) is 9.91. The zero-order valence-corrected chi connectivity index (χ0v) is 14.3. The Kier molecular flexibility index (Phi) is 5.78. The van der Waals surface area contributed by atoms with Crippen LogP contribution >= 0.6 is 12.6 Å². The number of hydrogen-bond donors (Lipinski definition) is 1. The maximum atomic E-state index is 12.0. The third-order valence-corrected chi connectivity index (χ3v) is 3.52. The summed E-state index contributed by atoms with van der Waals surface area (Å²) in [6.07, 6.45) is 2.54. The average molecular weight is 329 g/mol. The van der Waals surface area contributed by atoms with Gasteiger partial charge in [-0.15, -0.1) is 18.5 Å². The van der Waals surface area contributed by atoms with E-state index in [2.05, 4.69) is 24.5 Å². The number of nitrogens with zero attached hydrogens (tertiary/aromatic N) is 1. The van der Waals surface area contributed by atoms with Gasteiger partial charge in [-0.05, 0) is 24.3 Å². The molecule has 2 aromatic rings. The van der Waals surface area contributed by atoms with Crippen molar-refractivity contribution < 1.29 is 9.47 Å². The van der Waals surface area contributed by atoms with E-state index >= 15 is 0 Å². The van der Waals surface area contributed by atoms with E-state index in [1.54, 1.807) is 19.3 Å². The Morgan fingerprint density at radius 2 is 2.00 bits per heavy atom. The van der Waals surface area contributed by atoms with Crippen LogP contribution in [-0.4, -0.2) is 18.3 Å². The van der Waals surface area contributed by atoms with Gasteiger partial charge >= 0.3 is 0 Å². The Bertz CT molecular complexity index is 815. The van der Waals surface area contributed by atoms with Crippen molar-refractivity contribution in [2.24, 2.45) is 7.05 Å². The number of ether oxygens (including phenoxy) is 2. The van der Waals surface area contributed by atoms with Crippen molar-refractivity contribution in [3.8, 4) is 34.5 Å². The van der Waals surface area contributed by atoms with Gasteiger partial charge in [-0.2, -0.15) is 0 Å². The summed E-state index contributed by atoms with van der Waals surface area (Å²) in [5.41, 5.74) is 1.47. The van der Waals surface area contributed by atoms with Crippen LogP contribution < -0.4 is 15.0 Å². The predicted molar refractivity (Wildman–Crippen MR) is 94.5 cm³/mol. The lowest BCUT2D eigenvalue weighted by Gasteiger charge is -2.13. The van der Waals surface area contributed by atoms with Crippen molar-refractivity contribution in [2.45, 2.75) is 18.2 Å². The summed E-state index contributed by atoms with van der Waals surface area (Å²) in [7, 11) is 3.17. The first-order valence-electron chi connectivity index (χ1n) is 7.23.